The van der Waals surface area contributed by atoms with Gasteiger partial charge in [0.1, 0.15) is 0 Å². The van der Waals surface area contributed by atoms with Crippen LogP contribution in [0.4, 0.5) is 0 Å². The number of hydrogen-bond donors (Lipinski definition) is 0. The first-order valence-corrected chi connectivity index (χ1v) is 8.16. The summed E-state index contributed by atoms with van der Waals surface area (Å²) in [6.07, 6.45) is 18.5. The molecule has 1 saturated heterocycles. The van der Waals surface area contributed by atoms with Crippen molar-refractivity contribution >= 4 is 0 Å². The van der Waals surface area contributed by atoms with Crippen molar-refractivity contribution < 1.29 is 4.74 Å². The highest BCUT2D eigenvalue weighted by Gasteiger charge is 2.22. The van der Waals surface area contributed by atoms with Crippen molar-refractivity contribution in [3.63, 3.8) is 0 Å². The molecule has 0 aromatic heterocycles. The van der Waals surface area contributed by atoms with Gasteiger partial charge in [0.25, 0.3) is 0 Å². The zero-order chi connectivity index (χ0) is 13.1. The average Bonchev–Trinajstić information content (AvgIpc) is 2.41. The molecule has 106 valence electrons. The Morgan fingerprint density at radius 3 is 2.67 bits per heavy atom. The third-order valence-corrected chi connectivity index (χ3v) is 3.94. The third-order valence-electron chi connectivity index (χ3n) is 3.94. The molecule has 1 fully saturated rings. The van der Waals surface area contributed by atoms with Crippen molar-refractivity contribution in [3.05, 3.63) is 12.2 Å². The van der Waals surface area contributed by atoms with Gasteiger partial charge in [-0.1, -0.05) is 64.5 Å². The molecule has 0 bridgehead atoms. The van der Waals surface area contributed by atoms with Crippen molar-refractivity contribution in [2.75, 3.05) is 6.61 Å². The Labute approximate surface area is 114 Å². The highest BCUT2D eigenvalue weighted by atomic mass is 16.5. The van der Waals surface area contributed by atoms with Crippen LogP contribution in [-0.2, 0) is 4.74 Å². The Hall–Kier alpha value is -0.300. The molecule has 0 spiro atoms. The Morgan fingerprint density at radius 1 is 1.06 bits per heavy atom. The van der Waals surface area contributed by atoms with Crippen LogP contribution in [0.1, 0.15) is 78.1 Å². The predicted octanol–water partition coefficient (Wildman–Crippen LogP) is 5.50. The maximum Gasteiger partial charge on any atom is 0.0637 e. The fourth-order valence-corrected chi connectivity index (χ4v) is 2.75. The second kappa shape index (κ2) is 10.6. The number of ether oxygens (including phenoxy) is 1. The van der Waals surface area contributed by atoms with Gasteiger partial charge in [-0.3, -0.25) is 0 Å². The van der Waals surface area contributed by atoms with Gasteiger partial charge in [-0.15, -0.1) is 0 Å². The number of rotatable bonds is 9. The van der Waals surface area contributed by atoms with Crippen molar-refractivity contribution in [2.24, 2.45) is 5.92 Å². The Morgan fingerprint density at radius 2 is 1.89 bits per heavy atom. The van der Waals surface area contributed by atoms with Crippen LogP contribution in [0.5, 0.6) is 0 Å². The molecule has 1 aliphatic heterocycles. The van der Waals surface area contributed by atoms with Crippen LogP contribution < -0.4 is 0 Å². The molecule has 0 saturated carbocycles. The van der Waals surface area contributed by atoms with Crippen LogP contribution in [0.3, 0.4) is 0 Å². The standard InChI is InChI=1S/C17H32O/c1-3-5-7-9-12-16-13-11-15-18-17(16)14-10-8-6-4-2/h9,12,16-17H,3-8,10-11,13-15H2,1-2H3/b12-9+/t16-,17+/m1/s1. The predicted molar refractivity (Wildman–Crippen MR) is 79.9 cm³/mol. The topological polar surface area (TPSA) is 9.23 Å². The van der Waals surface area contributed by atoms with Crippen LogP contribution in [0.2, 0.25) is 0 Å². The molecule has 1 rings (SSSR count). The van der Waals surface area contributed by atoms with Crippen LogP contribution >= 0.6 is 0 Å². The van der Waals surface area contributed by atoms with Gasteiger partial charge in [0.05, 0.1) is 6.10 Å². The van der Waals surface area contributed by atoms with E-state index in [4.69, 9.17) is 4.74 Å². The van der Waals surface area contributed by atoms with E-state index in [1.54, 1.807) is 0 Å². The number of allylic oxidation sites excluding steroid dienone is 1. The molecule has 0 unspecified atom stereocenters. The van der Waals surface area contributed by atoms with Crippen molar-refractivity contribution in [2.45, 2.75) is 84.2 Å². The smallest absolute Gasteiger partial charge is 0.0637 e. The van der Waals surface area contributed by atoms with E-state index in [0.717, 1.165) is 6.61 Å². The summed E-state index contributed by atoms with van der Waals surface area (Å²) in [4.78, 5) is 0. The third kappa shape index (κ3) is 6.58. The summed E-state index contributed by atoms with van der Waals surface area (Å²) in [5, 5.41) is 0. The molecule has 0 amide bonds. The molecule has 1 heteroatoms. The summed E-state index contributed by atoms with van der Waals surface area (Å²) in [5.74, 6) is 0.692. The second-order valence-corrected chi connectivity index (χ2v) is 5.64. The van der Waals surface area contributed by atoms with E-state index in [1.165, 1.54) is 64.2 Å². The number of unbranched alkanes of at least 4 members (excludes halogenated alkanes) is 5. The van der Waals surface area contributed by atoms with E-state index >= 15 is 0 Å². The minimum absolute atomic E-state index is 0.508. The molecular weight excluding hydrogens is 220 g/mol. The zero-order valence-electron chi connectivity index (χ0n) is 12.5. The SMILES string of the molecule is CCCC/C=C/[C@@H]1CCCO[C@H]1CCCCCC. The normalized spacial score (nSPS) is 24.8. The Bertz CT molecular complexity index is 210. The van der Waals surface area contributed by atoms with Crippen LogP contribution in [0.25, 0.3) is 0 Å². The largest absolute Gasteiger partial charge is 0.378 e. The first-order valence-electron chi connectivity index (χ1n) is 8.16. The first kappa shape index (κ1) is 15.8. The van der Waals surface area contributed by atoms with Gasteiger partial charge in [-0.05, 0) is 25.7 Å². The van der Waals surface area contributed by atoms with E-state index in [-0.39, 0.29) is 0 Å². The first-order chi connectivity index (χ1) is 8.88. The highest BCUT2D eigenvalue weighted by Crippen LogP contribution is 2.26. The van der Waals surface area contributed by atoms with Gasteiger partial charge in [0, 0.05) is 12.5 Å². The molecule has 1 nitrogen and oxygen atoms in total. The summed E-state index contributed by atoms with van der Waals surface area (Å²) >= 11 is 0. The molecular formula is C17H32O. The molecule has 0 N–H and O–H groups in total. The Kier molecular flexibility index (Phi) is 9.28. The lowest BCUT2D eigenvalue weighted by molar-refractivity contribution is -0.0168. The summed E-state index contributed by atoms with van der Waals surface area (Å²) < 4.78 is 5.98. The molecule has 0 aromatic rings. The highest BCUT2D eigenvalue weighted by molar-refractivity contribution is 4.93. The molecule has 1 aliphatic rings. The van der Waals surface area contributed by atoms with Gasteiger partial charge >= 0.3 is 0 Å². The molecule has 0 aromatic carbocycles. The molecule has 1 heterocycles. The fourth-order valence-electron chi connectivity index (χ4n) is 2.75. The van der Waals surface area contributed by atoms with E-state index < -0.39 is 0 Å². The van der Waals surface area contributed by atoms with E-state index in [9.17, 15) is 0 Å². The monoisotopic (exact) mass is 252 g/mol. The van der Waals surface area contributed by atoms with Crippen molar-refractivity contribution in [1.82, 2.24) is 0 Å². The van der Waals surface area contributed by atoms with Crippen LogP contribution in [0.15, 0.2) is 12.2 Å². The Balaban J connectivity index is 2.25. The summed E-state index contributed by atoms with van der Waals surface area (Å²) in [7, 11) is 0. The minimum Gasteiger partial charge on any atom is -0.378 e. The van der Waals surface area contributed by atoms with Crippen LogP contribution in [0, 0.1) is 5.92 Å². The average molecular weight is 252 g/mol. The van der Waals surface area contributed by atoms with Gasteiger partial charge in [-0.2, -0.15) is 0 Å². The lowest BCUT2D eigenvalue weighted by Crippen LogP contribution is -2.28. The minimum atomic E-state index is 0.508. The summed E-state index contributed by atoms with van der Waals surface area (Å²) in [6, 6.07) is 0. The molecule has 0 radical (unpaired) electrons. The zero-order valence-corrected chi connectivity index (χ0v) is 12.5. The van der Waals surface area contributed by atoms with Gasteiger partial charge < -0.3 is 4.74 Å². The molecule has 0 aliphatic carbocycles. The molecule has 2 atom stereocenters. The lowest BCUT2D eigenvalue weighted by Gasteiger charge is -2.30. The van der Waals surface area contributed by atoms with Gasteiger partial charge in [0.15, 0.2) is 0 Å². The maximum atomic E-state index is 5.98. The number of hydrogen-bond acceptors (Lipinski definition) is 1. The van der Waals surface area contributed by atoms with Crippen molar-refractivity contribution in [3.8, 4) is 0 Å². The second-order valence-electron chi connectivity index (χ2n) is 5.64. The molecule has 18 heavy (non-hydrogen) atoms. The van der Waals surface area contributed by atoms with E-state index in [2.05, 4.69) is 26.0 Å². The van der Waals surface area contributed by atoms with Crippen molar-refractivity contribution in [1.29, 1.82) is 0 Å². The fraction of sp³-hybridized carbons (Fsp3) is 0.882. The summed E-state index contributed by atoms with van der Waals surface area (Å²) in [5.41, 5.74) is 0. The van der Waals surface area contributed by atoms with Crippen LogP contribution in [-0.4, -0.2) is 12.7 Å². The van der Waals surface area contributed by atoms with Gasteiger partial charge in [0.2, 0.25) is 0 Å². The summed E-state index contributed by atoms with van der Waals surface area (Å²) in [6.45, 7) is 5.52. The van der Waals surface area contributed by atoms with E-state index in [0.29, 0.717) is 12.0 Å². The van der Waals surface area contributed by atoms with Gasteiger partial charge in [-0.25, -0.2) is 0 Å². The van der Waals surface area contributed by atoms with E-state index in [1.807, 2.05) is 0 Å². The lowest BCUT2D eigenvalue weighted by atomic mass is 9.90. The quantitative estimate of drug-likeness (QED) is 0.389. The maximum absolute atomic E-state index is 5.98.